The number of amides is 2. The van der Waals surface area contributed by atoms with Crippen LogP contribution in [-0.2, 0) is 81.4 Å². The Balaban J connectivity index is 0.000000328. The zero-order valence-corrected chi connectivity index (χ0v) is 64.4. The van der Waals surface area contributed by atoms with E-state index in [1.54, 1.807) is 25.7 Å². The summed E-state index contributed by atoms with van der Waals surface area (Å²) < 4.78 is 226. The largest absolute Gasteiger partial charge is 0.534 e. The van der Waals surface area contributed by atoms with Gasteiger partial charge in [0, 0.05) is 64.0 Å². The number of hydrogen-bond donors (Lipinski definition) is 1. The number of carbonyl (C=O) groups excluding carboxylic acids is 3. The second kappa shape index (κ2) is 33.5. The van der Waals surface area contributed by atoms with Crippen LogP contribution in [0.1, 0.15) is 184 Å². The highest BCUT2D eigenvalue weighted by Crippen LogP contribution is 2.45. The molecule has 0 spiro atoms. The van der Waals surface area contributed by atoms with E-state index in [1.807, 2.05) is 127 Å². The standard InChI is InChI=1S/C16H29BNO4.C12H24B2O4.C11H16F3NO5S.C10H17NO3.C8H5F6NO4S2.C6H7N/c1-14(2,3)22-18(19)13-10-8-12(9-11-13)17-20-15(4,5)16(6,7)21-17;1-9(2)10(3,4)16-13(15-9)14-17-11(5,6)12(7,8)18-14;1-10(2,3)19-9(16)15-6-4-8(5-7-15)20-21(17,18)11(12,13)14;1-10(2,3)14-9(13)11-6-4-8(12)5-7-11;9-7(10,11)20(16,17)15(6-4-2-1-3-5-6)21(18,19)8(12,13)14;7-6-4-2-1-3-5-6/h8,13H,9-11H2,1-7H3;1-8H3;4H,5-7H2,1-3H3;4-7H2,1-3H3;1-5H;1-5H,7H2/q+1;;;;;. The molecule has 2 aromatic rings. The van der Waals surface area contributed by atoms with Crippen LogP contribution in [0.15, 0.2) is 84.0 Å². The van der Waals surface area contributed by atoms with E-state index < -0.39 is 93.0 Å². The van der Waals surface area contributed by atoms with Crippen molar-refractivity contribution in [1.29, 1.82) is 0 Å². The van der Waals surface area contributed by atoms with Gasteiger partial charge in [-0.15, -0.1) is 3.71 Å². The molecule has 5 heterocycles. The number of allylic oxidation sites excluding steroid dienone is 1. The lowest BCUT2D eigenvalue weighted by Gasteiger charge is -2.32. The smallest absolute Gasteiger partial charge is 0.444 e. The van der Waals surface area contributed by atoms with Crippen LogP contribution >= 0.6 is 0 Å². The van der Waals surface area contributed by atoms with E-state index in [9.17, 15) is 84.1 Å². The molecule has 2 amide bonds. The maximum absolute atomic E-state index is 12.4. The Hall–Kier alpha value is -5.90. The molecule has 6 aliphatic rings. The van der Waals surface area contributed by atoms with Gasteiger partial charge in [0.2, 0.25) is 4.92 Å². The van der Waals surface area contributed by atoms with Crippen LogP contribution < -0.4 is 9.44 Å². The number of piperidine rings is 1. The van der Waals surface area contributed by atoms with Crippen LogP contribution in [0.4, 0.5) is 60.5 Å². The Labute approximate surface area is 599 Å². The van der Waals surface area contributed by atoms with E-state index in [-0.39, 0.29) is 83.9 Å². The van der Waals surface area contributed by atoms with Crippen molar-refractivity contribution in [1.82, 2.24) is 9.80 Å². The van der Waals surface area contributed by atoms with Crippen LogP contribution in [0.2, 0.25) is 0 Å². The van der Waals surface area contributed by atoms with Gasteiger partial charge in [-0.05, 0) is 188 Å². The predicted octanol–water partition coefficient (Wildman–Crippen LogP) is 13.3. The highest BCUT2D eigenvalue weighted by molar-refractivity contribution is 8.11. The topological polar surface area (TPSA) is 302 Å². The molecule has 0 saturated carbocycles. The molecular formula is C63H98B3F9N5O20S3+. The third kappa shape index (κ3) is 26.2. The molecule has 0 radical (unpaired) electrons. The van der Waals surface area contributed by atoms with Crippen molar-refractivity contribution in [3.8, 4) is 0 Å². The van der Waals surface area contributed by atoms with Gasteiger partial charge in [-0.3, -0.25) is 4.79 Å². The van der Waals surface area contributed by atoms with Crippen LogP contribution in [-0.4, -0.2) is 178 Å². The molecular weight excluding hydrogens is 1450 g/mol. The molecule has 0 aromatic heterocycles. The summed E-state index contributed by atoms with van der Waals surface area (Å²) in [6, 6.07) is 13.2. The summed E-state index contributed by atoms with van der Waals surface area (Å²) in [5.74, 6) is -0.114. The Morgan fingerprint density at radius 1 is 0.534 bits per heavy atom. The number of halogens is 9. The van der Waals surface area contributed by atoms with Crippen molar-refractivity contribution < 1.29 is 130 Å². The number of benzene rings is 2. The van der Waals surface area contributed by atoms with Crippen molar-refractivity contribution in [2.75, 3.05) is 35.6 Å². The van der Waals surface area contributed by atoms with Crippen LogP contribution in [0.5, 0.6) is 0 Å². The van der Waals surface area contributed by atoms with Gasteiger partial charge in [0.25, 0.3) is 6.04 Å². The van der Waals surface area contributed by atoms with Crippen molar-refractivity contribution in [3.63, 3.8) is 0 Å². The number of alkyl halides is 9. The molecule has 1 unspecified atom stereocenters. The van der Waals surface area contributed by atoms with Crippen molar-refractivity contribution in [2.24, 2.45) is 0 Å². The minimum atomic E-state index is -6.81. The maximum atomic E-state index is 12.4. The van der Waals surface area contributed by atoms with E-state index in [0.29, 0.717) is 44.5 Å². The number of nitrogens with two attached hydrogens (primary N) is 1. The number of ketones is 1. The van der Waals surface area contributed by atoms with Gasteiger partial charge in [0.1, 0.15) is 22.7 Å². The lowest BCUT2D eigenvalue weighted by molar-refractivity contribution is -0.843. The van der Waals surface area contributed by atoms with Gasteiger partial charge in [-0.25, -0.2) is 14.4 Å². The van der Waals surface area contributed by atoms with Gasteiger partial charge in [0.05, 0.1) is 44.2 Å². The minimum Gasteiger partial charge on any atom is -0.444 e. The second-order valence-corrected chi connectivity index (χ2v) is 35.5. The third-order valence-corrected chi connectivity index (χ3v) is 21.1. The highest BCUT2D eigenvalue weighted by atomic mass is 32.3. The van der Waals surface area contributed by atoms with Gasteiger partial charge in [-0.1, -0.05) is 42.5 Å². The number of hydrogen-bond acceptors (Lipinski definition) is 21. The zero-order chi connectivity index (χ0) is 79.8. The second-order valence-electron chi connectivity index (χ2n) is 30.2. The number of rotatable bonds is 9. The van der Waals surface area contributed by atoms with Crippen LogP contribution in [0, 0.1) is 4.91 Å². The van der Waals surface area contributed by atoms with Crippen LogP contribution in [0.25, 0.3) is 0 Å². The average molecular weight is 1550 g/mol. The SMILES string of the molecule is CC(C)(C)OC(=O)N1CC=C(OS(=O)(=O)C(F)(F)F)CC1.CC(C)(C)OC(=O)N1CCC(=O)CC1.CC(C)(C)O[N+](=O)C1CC=C(B2OC(C)(C)C(C)(C)O2)CC1.CC1(C)OB(B2OC(C)(C)C(C)(C)O2)OC1(C)C.Nc1ccccc1.O=S(=O)(N(c1ccccc1)S(=O)(=O)C(F)(F)F)C(F)(F)F. The normalized spacial score (nSPS) is 20.9. The first-order chi connectivity index (χ1) is 46.1. The van der Waals surface area contributed by atoms with Gasteiger partial charge < -0.3 is 57.1 Å². The highest BCUT2D eigenvalue weighted by Gasteiger charge is 2.65. The first-order valence-corrected chi connectivity index (χ1v) is 36.8. The quantitative estimate of drug-likeness (QED) is 0.0609. The van der Waals surface area contributed by atoms with E-state index in [2.05, 4.69) is 38.0 Å². The summed E-state index contributed by atoms with van der Waals surface area (Å²) in [6.45, 7) is 41.5. The summed E-state index contributed by atoms with van der Waals surface area (Å²) in [7, 11) is -20.5. The number of nitrogen functional groups attached to an aromatic ring is 1. The first-order valence-electron chi connectivity index (χ1n) is 32.5. The molecule has 584 valence electrons. The first kappa shape index (κ1) is 91.3. The summed E-state index contributed by atoms with van der Waals surface area (Å²) in [5, 5.41) is 0. The Morgan fingerprint density at radius 3 is 1.21 bits per heavy atom. The van der Waals surface area contributed by atoms with Gasteiger partial charge >= 0.3 is 80.0 Å². The number of carbonyl (C=O) groups is 3. The molecule has 2 aromatic carbocycles. The molecule has 1 aliphatic carbocycles. The van der Waals surface area contributed by atoms with E-state index >= 15 is 0 Å². The van der Waals surface area contributed by atoms with Gasteiger partial charge in [-0.2, -0.15) is 64.8 Å². The molecule has 25 nitrogen and oxygen atoms in total. The molecule has 103 heavy (non-hydrogen) atoms. The summed E-state index contributed by atoms with van der Waals surface area (Å²) in [6.07, 6.45) is 5.24. The number of anilines is 2. The molecule has 5 aliphatic heterocycles. The molecule has 1 atom stereocenters. The monoisotopic (exact) mass is 1540 g/mol. The fourth-order valence-electron chi connectivity index (χ4n) is 8.85. The summed E-state index contributed by atoms with van der Waals surface area (Å²) in [4.78, 5) is 55.2. The molecule has 2 N–H and O–H groups in total. The van der Waals surface area contributed by atoms with Crippen molar-refractivity contribution >= 4 is 80.6 Å². The lowest BCUT2D eigenvalue weighted by Crippen LogP contribution is -2.49. The van der Waals surface area contributed by atoms with Gasteiger partial charge in [0.15, 0.2) is 5.60 Å². The zero-order valence-electron chi connectivity index (χ0n) is 62.0. The fourth-order valence-corrected chi connectivity index (χ4v) is 12.1. The molecule has 4 saturated heterocycles. The van der Waals surface area contributed by atoms with E-state index in [0.717, 1.165) is 53.2 Å². The lowest BCUT2D eigenvalue weighted by atomic mass is 9.49. The average Bonchev–Trinajstić information content (AvgIpc) is 0.965. The number of Topliss-reactive ketones (excluding diaryl/α,β-unsaturated/α-hetero) is 1. The number of sulfonamides is 2. The number of ether oxygens (including phenoxy) is 2. The Bertz CT molecular complexity index is 3510. The third-order valence-electron chi connectivity index (χ3n) is 16.5. The molecule has 8 rings (SSSR count). The van der Waals surface area contributed by atoms with E-state index in [1.165, 1.54) is 4.90 Å². The minimum absolute atomic E-state index is 0.00806. The summed E-state index contributed by atoms with van der Waals surface area (Å²) in [5.41, 5.74) is -15.6. The molecule has 4 fully saturated rings. The van der Waals surface area contributed by atoms with Crippen LogP contribution in [0.3, 0.4) is 0 Å². The summed E-state index contributed by atoms with van der Waals surface area (Å²) >= 11 is 0. The predicted molar refractivity (Wildman–Crippen MR) is 367 cm³/mol. The van der Waals surface area contributed by atoms with E-state index in [4.69, 9.17) is 48.0 Å². The fraction of sp³-hybridized carbons (Fsp3) is 0.698. The number of para-hydroxylation sites is 2. The van der Waals surface area contributed by atoms with Crippen molar-refractivity contribution in [2.45, 2.75) is 257 Å². The molecule has 0 bridgehead atoms. The number of nitrogens with zero attached hydrogens (tertiary/aromatic N) is 4. The van der Waals surface area contributed by atoms with Crippen molar-refractivity contribution in [3.05, 3.63) is 89.0 Å². The Morgan fingerprint density at radius 2 is 0.903 bits per heavy atom. The number of likely N-dealkylation sites (tertiary alicyclic amines) is 1. The Kier molecular flexibility index (Phi) is 29.7. The molecule has 40 heteroatoms. The maximum Gasteiger partial charge on any atom is 0.534 e.